The normalized spacial score (nSPS) is 22.9. The van der Waals surface area contributed by atoms with Crippen molar-refractivity contribution >= 4 is 11.9 Å². The van der Waals surface area contributed by atoms with Gasteiger partial charge in [0.05, 0.1) is 12.1 Å². The molecule has 2 saturated heterocycles. The highest BCUT2D eigenvalue weighted by Gasteiger charge is 2.39. The van der Waals surface area contributed by atoms with Gasteiger partial charge in [0, 0.05) is 13.1 Å². The van der Waals surface area contributed by atoms with E-state index in [0.29, 0.717) is 49.9 Å². The Balaban J connectivity index is 1.35. The van der Waals surface area contributed by atoms with Gasteiger partial charge in [-0.3, -0.25) is 0 Å². The quantitative estimate of drug-likeness (QED) is 0.629. The fraction of sp³-hybridized carbons (Fsp3) is 0.417. The first-order valence-corrected chi connectivity index (χ1v) is 11.2. The first kappa shape index (κ1) is 24.2. The molecule has 8 nitrogen and oxygen atoms in total. The fourth-order valence-electron chi connectivity index (χ4n) is 4.39. The number of halogens is 2. The van der Waals surface area contributed by atoms with Crippen molar-refractivity contribution in [2.45, 2.75) is 50.0 Å². The molecule has 2 N–H and O–H groups in total. The third kappa shape index (κ3) is 5.41. The number of rotatable bonds is 7. The molecule has 0 aliphatic carbocycles. The van der Waals surface area contributed by atoms with Gasteiger partial charge in [0.1, 0.15) is 11.6 Å². The lowest BCUT2D eigenvalue weighted by atomic mass is 10.1. The summed E-state index contributed by atoms with van der Waals surface area (Å²) in [6.45, 7) is 0.701. The molecular formula is C24H26F2N2O6. The Morgan fingerprint density at radius 2 is 1.21 bits per heavy atom. The molecule has 0 spiro atoms. The van der Waals surface area contributed by atoms with Gasteiger partial charge in [0.15, 0.2) is 12.2 Å². The third-order valence-electron chi connectivity index (χ3n) is 6.07. The molecule has 2 heterocycles. The van der Waals surface area contributed by atoms with E-state index >= 15 is 0 Å². The molecular weight excluding hydrogens is 450 g/mol. The highest BCUT2D eigenvalue weighted by molar-refractivity contribution is 5.85. The number of aliphatic hydroxyl groups is 2. The fourth-order valence-corrected chi connectivity index (χ4v) is 4.39. The molecule has 10 heteroatoms. The van der Waals surface area contributed by atoms with Crippen molar-refractivity contribution in [3.8, 4) is 0 Å². The van der Waals surface area contributed by atoms with E-state index in [4.69, 9.17) is 9.68 Å². The maximum absolute atomic E-state index is 13.6. The lowest BCUT2D eigenvalue weighted by Crippen LogP contribution is -2.45. The zero-order chi connectivity index (χ0) is 24.2. The number of hydrogen-bond acceptors (Lipinski definition) is 8. The van der Waals surface area contributed by atoms with Gasteiger partial charge in [-0.15, -0.1) is 10.1 Å². The van der Waals surface area contributed by atoms with Gasteiger partial charge < -0.3 is 19.9 Å². The smallest absolute Gasteiger partial charge is 0.357 e. The summed E-state index contributed by atoms with van der Waals surface area (Å²) >= 11 is 0. The van der Waals surface area contributed by atoms with Gasteiger partial charge in [-0.25, -0.2) is 18.4 Å². The molecule has 2 aromatic rings. The van der Waals surface area contributed by atoms with Crippen molar-refractivity contribution in [3.63, 3.8) is 0 Å². The Morgan fingerprint density at radius 3 is 1.59 bits per heavy atom. The number of nitrogens with zero attached hydrogens (tertiary/aromatic N) is 2. The van der Waals surface area contributed by atoms with Crippen LogP contribution >= 0.6 is 0 Å². The number of hydroxylamine groups is 4. The maximum atomic E-state index is 13.6. The van der Waals surface area contributed by atoms with Gasteiger partial charge in [0.2, 0.25) is 0 Å². The molecule has 0 bridgehead atoms. The number of carbonyl (C=O) groups is 2. The predicted octanol–water partition coefficient (Wildman–Crippen LogP) is 2.58. The Hall–Kier alpha value is -2.92. The van der Waals surface area contributed by atoms with Crippen molar-refractivity contribution < 1.29 is 38.3 Å². The number of aliphatic hydroxyl groups excluding tert-OH is 2. The summed E-state index contributed by atoms with van der Waals surface area (Å²) in [5.41, 5.74) is 1.22. The van der Waals surface area contributed by atoms with Crippen LogP contribution < -0.4 is 0 Å². The van der Waals surface area contributed by atoms with E-state index in [2.05, 4.69) is 0 Å². The van der Waals surface area contributed by atoms with Crippen LogP contribution in [0.15, 0.2) is 48.5 Å². The zero-order valence-electron chi connectivity index (χ0n) is 18.3. The number of hydrogen-bond donors (Lipinski definition) is 2. The second-order valence-electron chi connectivity index (χ2n) is 8.42. The third-order valence-corrected chi connectivity index (χ3v) is 6.07. The average molecular weight is 476 g/mol. The molecule has 2 aliphatic rings. The Labute approximate surface area is 195 Å². The van der Waals surface area contributed by atoms with Gasteiger partial charge in [-0.1, -0.05) is 24.3 Å². The van der Waals surface area contributed by atoms with Crippen molar-refractivity contribution in [2.24, 2.45) is 0 Å². The minimum absolute atomic E-state index is 0.350. The standard InChI is InChI=1S/C24H26F2N2O6/c25-17-7-1-5-15(13-17)19-9-3-11-27(19)33-23(31)21(29)22(30)24(32)34-28-12-4-10-20(28)16-6-2-8-18(26)14-16/h1-2,5-8,13-14,19-22,29-30H,3-4,9-12H2/t19-,20-,21?,22?/m0/s1. The van der Waals surface area contributed by atoms with Crippen LogP contribution in [0, 0.1) is 11.6 Å². The molecule has 0 aromatic heterocycles. The van der Waals surface area contributed by atoms with Crippen LogP contribution in [0.5, 0.6) is 0 Å². The lowest BCUT2D eigenvalue weighted by Gasteiger charge is -2.27. The van der Waals surface area contributed by atoms with E-state index < -0.39 is 47.9 Å². The van der Waals surface area contributed by atoms with Crippen molar-refractivity contribution in [2.75, 3.05) is 13.1 Å². The molecule has 2 fully saturated rings. The highest BCUT2D eigenvalue weighted by atomic mass is 19.1. The lowest BCUT2D eigenvalue weighted by molar-refractivity contribution is -0.223. The topological polar surface area (TPSA) is 99.5 Å². The summed E-state index contributed by atoms with van der Waals surface area (Å²) in [5, 5.41) is 23.1. The molecule has 2 aliphatic heterocycles. The predicted molar refractivity (Wildman–Crippen MR) is 114 cm³/mol. The summed E-state index contributed by atoms with van der Waals surface area (Å²) in [6, 6.07) is 11.0. The van der Waals surface area contributed by atoms with Gasteiger partial charge in [0.25, 0.3) is 0 Å². The van der Waals surface area contributed by atoms with Crippen LogP contribution in [0.1, 0.15) is 48.9 Å². The molecule has 2 aromatic carbocycles. The second-order valence-corrected chi connectivity index (χ2v) is 8.42. The van der Waals surface area contributed by atoms with E-state index in [1.54, 1.807) is 24.3 Å². The SMILES string of the molecule is O=C(ON1CCC[C@H]1c1cccc(F)c1)C(O)C(O)C(=O)ON1CCC[C@H]1c1cccc(F)c1. The van der Waals surface area contributed by atoms with Crippen molar-refractivity contribution in [1.82, 2.24) is 10.1 Å². The summed E-state index contributed by atoms with van der Waals surface area (Å²) in [5.74, 6) is -3.30. The molecule has 0 radical (unpaired) electrons. The largest absolute Gasteiger partial charge is 0.379 e. The second kappa shape index (κ2) is 10.6. The molecule has 4 rings (SSSR count). The van der Waals surface area contributed by atoms with Crippen LogP contribution in [0.3, 0.4) is 0 Å². The minimum atomic E-state index is -2.18. The van der Waals surface area contributed by atoms with Crippen LogP contribution in [0.25, 0.3) is 0 Å². The van der Waals surface area contributed by atoms with Crippen molar-refractivity contribution in [1.29, 1.82) is 0 Å². The highest BCUT2D eigenvalue weighted by Crippen LogP contribution is 2.34. The molecule has 2 unspecified atom stereocenters. The summed E-state index contributed by atoms with van der Waals surface area (Å²) in [7, 11) is 0. The molecule has 0 saturated carbocycles. The summed E-state index contributed by atoms with van der Waals surface area (Å²) in [6.07, 6.45) is -1.81. The molecule has 182 valence electrons. The average Bonchev–Trinajstić information content (AvgIpc) is 3.47. The summed E-state index contributed by atoms with van der Waals surface area (Å²) < 4.78 is 27.2. The van der Waals surface area contributed by atoms with E-state index in [9.17, 15) is 28.6 Å². The van der Waals surface area contributed by atoms with Gasteiger partial charge in [-0.2, -0.15) is 0 Å². The van der Waals surface area contributed by atoms with E-state index in [0.717, 1.165) is 0 Å². The maximum Gasteiger partial charge on any atom is 0.357 e. The molecule has 0 amide bonds. The van der Waals surface area contributed by atoms with Crippen LogP contribution in [0.4, 0.5) is 8.78 Å². The Bertz CT molecular complexity index is 957. The van der Waals surface area contributed by atoms with Crippen molar-refractivity contribution in [3.05, 3.63) is 71.3 Å². The summed E-state index contributed by atoms with van der Waals surface area (Å²) in [4.78, 5) is 35.3. The number of benzene rings is 2. The van der Waals surface area contributed by atoms with Crippen LogP contribution in [0.2, 0.25) is 0 Å². The number of carbonyl (C=O) groups excluding carboxylic acids is 2. The minimum Gasteiger partial charge on any atom is -0.379 e. The molecule has 34 heavy (non-hydrogen) atoms. The van der Waals surface area contributed by atoms with E-state index in [1.807, 2.05) is 0 Å². The molecule has 4 atom stereocenters. The monoisotopic (exact) mass is 476 g/mol. The van der Waals surface area contributed by atoms with Gasteiger partial charge in [-0.05, 0) is 61.1 Å². The van der Waals surface area contributed by atoms with Crippen LogP contribution in [-0.2, 0) is 19.3 Å². The first-order chi connectivity index (χ1) is 16.3. The van der Waals surface area contributed by atoms with Gasteiger partial charge >= 0.3 is 11.9 Å². The van der Waals surface area contributed by atoms with Crippen LogP contribution in [-0.4, -0.2) is 57.6 Å². The first-order valence-electron chi connectivity index (χ1n) is 11.2. The Morgan fingerprint density at radius 1 is 0.794 bits per heavy atom. The Kier molecular flexibility index (Phi) is 7.52. The van der Waals surface area contributed by atoms with E-state index in [1.165, 1.54) is 34.4 Å². The van der Waals surface area contributed by atoms with E-state index in [-0.39, 0.29) is 0 Å². The zero-order valence-corrected chi connectivity index (χ0v) is 18.3.